The molecule has 0 fully saturated rings. The lowest BCUT2D eigenvalue weighted by molar-refractivity contribution is -0.246. The van der Waals surface area contributed by atoms with Crippen molar-refractivity contribution in [2.75, 3.05) is 13.2 Å². The lowest BCUT2D eigenvalue weighted by atomic mass is 10.4. The number of hydrogen-bond donors (Lipinski definition) is 1. The van der Waals surface area contributed by atoms with Gasteiger partial charge in [0.2, 0.25) is 0 Å². The fourth-order valence-corrected chi connectivity index (χ4v) is 1.23. The first kappa shape index (κ1) is 21.8. The highest BCUT2D eigenvalue weighted by Gasteiger charge is 2.44. The van der Waals surface area contributed by atoms with Gasteiger partial charge in [-0.3, -0.25) is 4.57 Å². The van der Waals surface area contributed by atoms with Crippen LogP contribution in [0.5, 0.6) is 0 Å². The number of phosphoric ester groups is 1. The molecule has 0 heterocycles. The van der Waals surface area contributed by atoms with Crippen LogP contribution in [0.1, 0.15) is 0 Å². The molecule has 0 unspecified atom stereocenters. The molecule has 0 spiro atoms. The summed E-state index contributed by atoms with van der Waals surface area (Å²) in [7, 11) is -5.84. The number of hydrogen-bond acceptors (Lipinski definition) is 4. The standard InChI is InChI=1S/C6H7F8O4P.H3N/c7-3(8)5(11,12)1-17-19(15,16)18-2-6(13,14)4(9)10;/h3-4H,1-2H2,(H,15,16);1H3. The van der Waals surface area contributed by atoms with Gasteiger partial charge in [0.05, 0.1) is 0 Å². The smallest absolute Gasteiger partial charge is 0.330 e. The van der Waals surface area contributed by atoms with E-state index >= 15 is 0 Å². The summed E-state index contributed by atoms with van der Waals surface area (Å²) in [5, 5.41) is 0. The number of alkyl halides is 8. The van der Waals surface area contributed by atoms with Crippen LogP contribution < -0.4 is 11.0 Å². The summed E-state index contributed by atoms with van der Waals surface area (Å²) in [4.78, 5) is 10.6. The van der Waals surface area contributed by atoms with Crippen molar-refractivity contribution in [1.29, 1.82) is 0 Å². The van der Waals surface area contributed by atoms with Gasteiger partial charge in [-0.25, -0.2) is 17.6 Å². The van der Waals surface area contributed by atoms with E-state index in [0.717, 1.165) is 0 Å². The number of phosphoric acid groups is 1. The molecule has 0 radical (unpaired) electrons. The molecule has 5 nitrogen and oxygen atoms in total. The Morgan fingerprint density at radius 1 is 0.900 bits per heavy atom. The van der Waals surface area contributed by atoms with Gasteiger partial charge >= 0.3 is 24.7 Å². The summed E-state index contributed by atoms with van der Waals surface area (Å²) in [6.45, 7) is -4.74. The van der Waals surface area contributed by atoms with Gasteiger partial charge in [0, 0.05) is 0 Å². The van der Waals surface area contributed by atoms with Crippen LogP contribution in [0.3, 0.4) is 0 Å². The SMILES string of the molecule is O=P([O-])(OCC(F)(F)C(F)F)OCC(F)(F)C(F)F.[NH4+]. The van der Waals surface area contributed by atoms with Gasteiger partial charge in [0.15, 0.2) is 0 Å². The van der Waals surface area contributed by atoms with Crippen LogP contribution in [-0.4, -0.2) is 37.9 Å². The highest BCUT2D eigenvalue weighted by atomic mass is 31.2. The van der Waals surface area contributed by atoms with Crippen molar-refractivity contribution < 1.29 is 53.6 Å². The molecule has 0 aliphatic rings. The maximum absolute atomic E-state index is 12.2. The molecule has 0 saturated heterocycles. The highest BCUT2D eigenvalue weighted by molar-refractivity contribution is 7.45. The number of halogens is 8. The minimum Gasteiger partial charge on any atom is -0.756 e. The molecule has 0 amide bonds. The Hall–Kier alpha value is -0.490. The maximum atomic E-state index is 12.2. The lowest BCUT2D eigenvalue weighted by Gasteiger charge is -2.26. The van der Waals surface area contributed by atoms with E-state index in [4.69, 9.17) is 0 Å². The van der Waals surface area contributed by atoms with E-state index in [1.807, 2.05) is 0 Å². The summed E-state index contributed by atoms with van der Waals surface area (Å²) < 4.78 is 112. The topological polar surface area (TPSA) is 95.1 Å². The van der Waals surface area contributed by atoms with E-state index in [1.54, 1.807) is 0 Å². The van der Waals surface area contributed by atoms with Crippen molar-refractivity contribution in [1.82, 2.24) is 6.15 Å². The van der Waals surface area contributed by atoms with Crippen LogP contribution >= 0.6 is 7.82 Å². The van der Waals surface area contributed by atoms with Crippen LogP contribution in [0, 0.1) is 0 Å². The van der Waals surface area contributed by atoms with E-state index in [9.17, 15) is 44.6 Å². The molecule has 0 atom stereocenters. The summed E-state index contributed by atoms with van der Waals surface area (Å²) in [5.74, 6) is -9.73. The summed E-state index contributed by atoms with van der Waals surface area (Å²) >= 11 is 0. The molecule has 124 valence electrons. The monoisotopic (exact) mass is 343 g/mol. The Bertz CT molecular complexity index is 313. The second-order valence-corrected chi connectivity index (χ2v) is 4.53. The van der Waals surface area contributed by atoms with E-state index in [0.29, 0.717) is 0 Å². The molecule has 4 N–H and O–H groups in total. The Morgan fingerprint density at radius 2 is 1.15 bits per heavy atom. The molecule has 0 saturated carbocycles. The third-order valence-corrected chi connectivity index (χ3v) is 2.36. The minimum atomic E-state index is -5.84. The fraction of sp³-hybridized carbons (Fsp3) is 1.00. The predicted molar refractivity (Wildman–Crippen MR) is 47.4 cm³/mol. The van der Waals surface area contributed by atoms with Crippen LogP contribution in [0.25, 0.3) is 0 Å². The van der Waals surface area contributed by atoms with Crippen molar-refractivity contribution in [3.8, 4) is 0 Å². The molecular weight excluding hydrogens is 333 g/mol. The fourth-order valence-electron chi connectivity index (χ4n) is 0.493. The second kappa shape index (κ2) is 7.50. The van der Waals surface area contributed by atoms with E-state index in [1.165, 1.54) is 0 Å². The Morgan fingerprint density at radius 3 is 1.35 bits per heavy atom. The van der Waals surface area contributed by atoms with E-state index in [2.05, 4.69) is 9.05 Å². The first-order valence-corrected chi connectivity index (χ1v) is 5.68. The molecule has 20 heavy (non-hydrogen) atoms. The molecule has 14 heteroatoms. The average molecular weight is 343 g/mol. The van der Waals surface area contributed by atoms with Crippen molar-refractivity contribution in [3.05, 3.63) is 0 Å². The predicted octanol–water partition coefficient (Wildman–Crippen LogP) is 2.66. The van der Waals surface area contributed by atoms with Crippen molar-refractivity contribution in [2.45, 2.75) is 24.7 Å². The normalized spacial score (nSPS) is 13.8. The number of quaternary nitrogens is 1. The zero-order valence-electron chi connectivity index (χ0n) is 9.67. The first-order chi connectivity index (χ1) is 8.30. The molecule has 0 aliphatic heterocycles. The second-order valence-electron chi connectivity index (χ2n) is 3.12. The van der Waals surface area contributed by atoms with Gasteiger partial charge in [-0.05, 0) is 0 Å². The van der Waals surface area contributed by atoms with Crippen molar-refractivity contribution in [2.24, 2.45) is 0 Å². The lowest BCUT2D eigenvalue weighted by Crippen LogP contribution is -2.35. The molecule has 0 aromatic carbocycles. The third-order valence-electron chi connectivity index (χ3n) is 1.47. The van der Waals surface area contributed by atoms with Crippen molar-refractivity contribution >= 4 is 7.82 Å². The average Bonchev–Trinajstić information content (AvgIpc) is 2.24. The summed E-state index contributed by atoms with van der Waals surface area (Å²) in [5.41, 5.74) is 0. The molecular formula is C6H10F8NO4P. The van der Waals surface area contributed by atoms with Gasteiger partial charge in [-0.1, -0.05) is 0 Å². The summed E-state index contributed by atoms with van der Waals surface area (Å²) in [6.07, 6.45) is -8.54. The van der Waals surface area contributed by atoms with Crippen LogP contribution in [0.4, 0.5) is 35.1 Å². The first-order valence-electron chi connectivity index (χ1n) is 4.22. The maximum Gasteiger partial charge on any atom is 0.330 e. The van der Waals surface area contributed by atoms with Crippen LogP contribution in [0.2, 0.25) is 0 Å². The molecule has 0 aromatic rings. The van der Waals surface area contributed by atoms with E-state index < -0.39 is 45.7 Å². The van der Waals surface area contributed by atoms with Gasteiger partial charge in [0.25, 0.3) is 7.82 Å². The Balaban J connectivity index is 0. The van der Waals surface area contributed by atoms with Crippen molar-refractivity contribution in [3.63, 3.8) is 0 Å². The van der Waals surface area contributed by atoms with Crippen LogP contribution in [-0.2, 0) is 13.6 Å². The van der Waals surface area contributed by atoms with Gasteiger partial charge in [-0.2, -0.15) is 17.6 Å². The van der Waals surface area contributed by atoms with E-state index in [-0.39, 0.29) is 6.15 Å². The Labute approximate surface area is 107 Å². The molecule has 0 bridgehead atoms. The van der Waals surface area contributed by atoms with Gasteiger partial charge in [-0.15, -0.1) is 0 Å². The highest BCUT2D eigenvalue weighted by Crippen LogP contribution is 2.42. The Kier molecular flexibility index (Phi) is 8.17. The third kappa shape index (κ3) is 7.33. The quantitative estimate of drug-likeness (QED) is 0.541. The number of rotatable bonds is 8. The largest absolute Gasteiger partial charge is 0.756 e. The minimum absolute atomic E-state index is 0. The zero-order valence-corrected chi connectivity index (χ0v) is 10.6. The summed E-state index contributed by atoms with van der Waals surface area (Å²) in [6, 6.07) is 0. The molecule has 0 aromatic heterocycles. The zero-order chi connectivity index (χ0) is 15.5. The van der Waals surface area contributed by atoms with Gasteiger partial charge < -0.3 is 20.1 Å². The molecule has 0 rings (SSSR count). The van der Waals surface area contributed by atoms with Gasteiger partial charge in [0.1, 0.15) is 13.2 Å². The van der Waals surface area contributed by atoms with Crippen LogP contribution in [0.15, 0.2) is 0 Å². The molecule has 0 aliphatic carbocycles.